The van der Waals surface area contributed by atoms with E-state index in [4.69, 9.17) is 0 Å². The normalized spacial score (nSPS) is 19.8. The number of hydrogen-bond acceptors (Lipinski definition) is 4. The van der Waals surface area contributed by atoms with E-state index in [9.17, 15) is 13.2 Å². The predicted octanol–water partition coefficient (Wildman–Crippen LogP) is 1.67. The number of fused-ring (bicyclic) bond motifs is 1. The summed E-state index contributed by atoms with van der Waals surface area (Å²) >= 11 is 0. The van der Waals surface area contributed by atoms with E-state index in [0.29, 0.717) is 6.54 Å². The van der Waals surface area contributed by atoms with E-state index >= 15 is 0 Å². The minimum Gasteiger partial charge on any atom is -0.345 e. The Labute approximate surface area is 141 Å². The van der Waals surface area contributed by atoms with Crippen LogP contribution in [0.2, 0.25) is 0 Å². The van der Waals surface area contributed by atoms with Gasteiger partial charge in [-0.25, -0.2) is 8.42 Å². The second kappa shape index (κ2) is 6.24. The molecule has 1 N–H and O–H groups in total. The number of allylic oxidation sites excluding steroid dienone is 2. The number of amidine groups is 1. The molecule has 0 aliphatic carbocycles. The lowest BCUT2D eigenvalue weighted by molar-refractivity contribution is -0.117. The number of amides is 1. The Morgan fingerprint density at radius 3 is 2.83 bits per heavy atom. The molecule has 126 valence electrons. The van der Waals surface area contributed by atoms with Gasteiger partial charge in [-0.15, -0.1) is 4.40 Å². The maximum atomic E-state index is 12.6. The number of benzene rings is 1. The van der Waals surface area contributed by atoms with Crippen molar-refractivity contribution in [3.63, 3.8) is 0 Å². The monoisotopic (exact) mass is 345 g/mol. The zero-order valence-corrected chi connectivity index (χ0v) is 14.4. The van der Waals surface area contributed by atoms with E-state index in [-0.39, 0.29) is 29.1 Å². The highest BCUT2D eigenvalue weighted by Crippen LogP contribution is 2.20. The lowest BCUT2D eigenvalue weighted by atomic mass is 10.0. The molecule has 1 aromatic carbocycles. The Bertz CT molecular complexity index is 869. The molecule has 0 aromatic heterocycles. The summed E-state index contributed by atoms with van der Waals surface area (Å²) < 4.78 is 27.3. The Morgan fingerprint density at radius 1 is 1.33 bits per heavy atom. The van der Waals surface area contributed by atoms with Crippen LogP contribution in [0.5, 0.6) is 0 Å². The zero-order valence-electron chi connectivity index (χ0n) is 13.6. The van der Waals surface area contributed by atoms with Crippen molar-refractivity contribution in [1.29, 1.82) is 0 Å². The van der Waals surface area contributed by atoms with Gasteiger partial charge in [-0.1, -0.05) is 24.3 Å². The lowest BCUT2D eigenvalue weighted by Crippen LogP contribution is -2.42. The summed E-state index contributed by atoms with van der Waals surface area (Å²) in [5, 5.41) is 2.92. The summed E-state index contributed by atoms with van der Waals surface area (Å²) in [5.74, 6) is -0.191. The van der Waals surface area contributed by atoms with Crippen molar-refractivity contribution in [2.45, 2.75) is 19.9 Å². The molecular weight excluding hydrogens is 326 g/mol. The van der Waals surface area contributed by atoms with E-state index in [1.807, 2.05) is 38.1 Å². The van der Waals surface area contributed by atoms with Gasteiger partial charge in [0.15, 0.2) is 5.84 Å². The first-order valence-electron chi connectivity index (χ1n) is 7.72. The largest absolute Gasteiger partial charge is 0.345 e. The van der Waals surface area contributed by atoms with Gasteiger partial charge < -0.3 is 10.2 Å². The number of rotatable bonds is 3. The SMILES string of the molecule is Cc1ccccc1C(C)NC(=O)C1=CC=CN2CCS(=O)(=O)N=C12. The smallest absolute Gasteiger partial charge is 0.256 e. The van der Waals surface area contributed by atoms with Crippen LogP contribution in [0.15, 0.2) is 52.6 Å². The van der Waals surface area contributed by atoms with E-state index in [1.165, 1.54) is 0 Å². The van der Waals surface area contributed by atoms with Crippen molar-refractivity contribution in [3.8, 4) is 0 Å². The van der Waals surface area contributed by atoms with Crippen LogP contribution in [0.4, 0.5) is 0 Å². The Balaban J connectivity index is 1.84. The van der Waals surface area contributed by atoms with Gasteiger partial charge in [0.1, 0.15) is 0 Å². The topological polar surface area (TPSA) is 78.8 Å². The van der Waals surface area contributed by atoms with E-state index < -0.39 is 10.0 Å². The molecule has 2 aliphatic rings. The van der Waals surface area contributed by atoms with Crippen LogP contribution in [-0.2, 0) is 14.8 Å². The van der Waals surface area contributed by atoms with Crippen LogP contribution >= 0.6 is 0 Å². The second-order valence-electron chi connectivity index (χ2n) is 5.87. The van der Waals surface area contributed by atoms with Gasteiger partial charge in [-0.2, -0.15) is 0 Å². The minimum atomic E-state index is -3.52. The number of sulfonamides is 1. The maximum absolute atomic E-state index is 12.6. The lowest BCUT2D eigenvalue weighted by Gasteiger charge is -2.29. The fraction of sp³-hybridized carbons (Fsp3) is 0.294. The first-order valence-corrected chi connectivity index (χ1v) is 9.33. The molecule has 2 aliphatic heterocycles. The Kier molecular flexibility index (Phi) is 4.28. The first-order chi connectivity index (χ1) is 11.4. The van der Waals surface area contributed by atoms with Crippen LogP contribution in [0.3, 0.4) is 0 Å². The molecule has 1 atom stereocenters. The van der Waals surface area contributed by atoms with Crippen LogP contribution in [0.25, 0.3) is 0 Å². The average Bonchev–Trinajstić information content (AvgIpc) is 2.53. The molecule has 24 heavy (non-hydrogen) atoms. The number of carbonyl (C=O) groups excluding carboxylic acids is 1. The van der Waals surface area contributed by atoms with Gasteiger partial charge in [0.25, 0.3) is 15.9 Å². The van der Waals surface area contributed by atoms with Gasteiger partial charge in [0.05, 0.1) is 17.4 Å². The zero-order chi connectivity index (χ0) is 17.3. The van der Waals surface area contributed by atoms with Crippen LogP contribution in [-0.4, -0.2) is 37.4 Å². The Morgan fingerprint density at radius 2 is 2.08 bits per heavy atom. The van der Waals surface area contributed by atoms with Crippen LogP contribution < -0.4 is 5.32 Å². The van der Waals surface area contributed by atoms with Crippen molar-refractivity contribution in [3.05, 3.63) is 59.3 Å². The molecule has 3 rings (SSSR count). The molecule has 0 spiro atoms. The summed E-state index contributed by atoms with van der Waals surface area (Å²) in [4.78, 5) is 14.3. The molecule has 0 bridgehead atoms. The fourth-order valence-electron chi connectivity index (χ4n) is 2.82. The molecule has 1 amide bonds. The third-order valence-electron chi connectivity index (χ3n) is 4.10. The molecule has 7 heteroatoms. The van der Waals surface area contributed by atoms with Gasteiger partial charge in [-0.3, -0.25) is 4.79 Å². The highest BCUT2D eigenvalue weighted by Gasteiger charge is 2.30. The summed E-state index contributed by atoms with van der Waals surface area (Å²) in [7, 11) is -3.52. The van der Waals surface area contributed by atoms with Crippen LogP contribution in [0, 0.1) is 6.92 Å². The number of carbonyl (C=O) groups is 1. The van der Waals surface area contributed by atoms with Crippen molar-refractivity contribution >= 4 is 21.8 Å². The average molecular weight is 345 g/mol. The third-order valence-corrected chi connectivity index (χ3v) is 5.25. The predicted molar refractivity (Wildman–Crippen MR) is 92.9 cm³/mol. The highest BCUT2D eigenvalue weighted by atomic mass is 32.2. The molecule has 0 saturated carbocycles. The summed E-state index contributed by atoms with van der Waals surface area (Å²) in [6, 6.07) is 7.62. The van der Waals surface area contributed by atoms with Crippen molar-refractivity contribution < 1.29 is 13.2 Å². The number of hydrogen-bond donors (Lipinski definition) is 1. The molecule has 0 fully saturated rings. The van der Waals surface area contributed by atoms with E-state index in [1.54, 1.807) is 23.3 Å². The van der Waals surface area contributed by atoms with Crippen molar-refractivity contribution in [2.75, 3.05) is 12.3 Å². The molecule has 2 heterocycles. The van der Waals surface area contributed by atoms with Gasteiger partial charge in [0.2, 0.25) is 0 Å². The molecule has 1 aromatic rings. The number of aryl methyl sites for hydroxylation is 1. The second-order valence-corrected chi connectivity index (χ2v) is 7.62. The van der Waals surface area contributed by atoms with Crippen molar-refractivity contribution in [1.82, 2.24) is 10.2 Å². The Hall–Kier alpha value is -2.41. The molecule has 0 saturated heterocycles. The number of nitrogens with one attached hydrogen (secondary N) is 1. The van der Waals surface area contributed by atoms with Crippen LogP contribution in [0.1, 0.15) is 24.1 Å². The summed E-state index contributed by atoms with van der Waals surface area (Å²) in [5.41, 5.74) is 2.37. The van der Waals surface area contributed by atoms with Crippen molar-refractivity contribution in [2.24, 2.45) is 4.40 Å². The fourth-order valence-corrected chi connectivity index (χ4v) is 3.80. The van der Waals surface area contributed by atoms with E-state index in [0.717, 1.165) is 11.1 Å². The number of nitrogens with zero attached hydrogens (tertiary/aromatic N) is 2. The maximum Gasteiger partial charge on any atom is 0.256 e. The molecule has 0 radical (unpaired) electrons. The standard InChI is InChI=1S/C17H19N3O3S/c1-12-6-3-4-7-14(12)13(2)18-17(21)15-8-5-9-20-10-11-24(22,23)19-16(15)20/h3-9,13H,10-11H2,1-2H3,(H,18,21). The molecular formula is C17H19N3O3S. The third kappa shape index (κ3) is 3.26. The van der Waals surface area contributed by atoms with E-state index in [2.05, 4.69) is 9.71 Å². The minimum absolute atomic E-state index is 0.0463. The van der Waals surface area contributed by atoms with Gasteiger partial charge >= 0.3 is 0 Å². The first kappa shape index (κ1) is 16.4. The highest BCUT2D eigenvalue weighted by molar-refractivity contribution is 7.90. The molecule has 1 unspecified atom stereocenters. The molecule has 6 nitrogen and oxygen atoms in total. The summed E-state index contributed by atoms with van der Waals surface area (Å²) in [6.07, 6.45) is 5.05. The van der Waals surface area contributed by atoms with Gasteiger partial charge in [-0.05, 0) is 37.1 Å². The van der Waals surface area contributed by atoms with Gasteiger partial charge in [0, 0.05) is 12.7 Å². The summed E-state index contributed by atoms with van der Waals surface area (Å²) in [6.45, 7) is 4.19. The quantitative estimate of drug-likeness (QED) is 0.904.